The molecule has 0 spiro atoms. The lowest BCUT2D eigenvalue weighted by Crippen LogP contribution is -2.26. The average molecular weight is 379 g/mol. The number of hydrogen-bond acceptors (Lipinski definition) is 5. The number of sulfonamides is 1. The topological polar surface area (TPSA) is 81.7 Å². The van der Waals surface area contributed by atoms with Gasteiger partial charge in [-0.3, -0.25) is 0 Å². The zero-order chi connectivity index (χ0) is 18.7. The van der Waals surface area contributed by atoms with E-state index in [1.807, 2.05) is 0 Å². The lowest BCUT2D eigenvalue weighted by atomic mass is 10.2. The van der Waals surface area contributed by atoms with Crippen molar-refractivity contribution >= 4 is 16.0 Å². The van der Waals surface area contributed by atoms with Crippen molar-refractivity contribution in [1.29, 1.82) is 0 Å². The van der Waals surface area contributed by atoms with Crippen LogP contribution in [0.5, 0.6) is 5.75 Å². The van der Waals surface area contributed by atoms with Gasteiger partial charge in [0.1, 0.15) is 23.1 Å². The van der Waals surface area contributed by atoms with Crippen LogP contribution in [-0.2, 0) is 21.4 Å². The Hall–Kier alpha value is -2.45. The first kappa shape index (κ1) is 18.3. The first-order valence-electron chi connectivity index (χ1n) is 8.01. The predicted octanol–water partition coefficient (Wildman–Crippen LogP) is 2.63. The summed E-state index contributed by atoms with van der Waals surface area (Å²) < 4.78 is 50.7. The van der Waals surface area contributed by atoms with Crippen LogP contribution in [0.25, 0.3) is 0 Å². The Kier molecular flexibility index (Phi) is 5.24. The van der Waals surface area contributed by atoms with Gasteiger partial charge in [0.2, 0.25) is 10.0 Å². The van der Waals surface area contributed by atoms with Gasteiger partial charge in [-0.15, -0.1) is 0 Å². The molecule has 2 aromatic carbocycles. The maximum absolute atomic E-state index is 12.9. The molecule has 1 aliphatic carbocycles. The molecule has 0 aliphatic heterocycles. The van der Waals surface area contributed by atoms with E-state index < -0.39 is 16.0 Å². The number of halogens is 1. The molecule has 0 saturated heterocycles. The largest absolute Gasteiger partial charge is 0.495 e. The molecule has 1 aliphatic rings. The molecule has 0 radical (unpaired) electrons. The van der Waals surface area contributed by atoms with Gasteiger partial charge in [-0.2, -0.15) is 0 Å². The maximum Gasteiger partial charge on any atom is 0.338 e. The van der Waals surface area contributed by atoms with Crippen LogP contribution in [0.1, 0.15) is 28.8 Å². The lowest BCUT2D eigenvalue weighted by molar-refractivity contribution is 0.0472. The van der Waals surface area contributed by atoms with E-state index in [-0.39, 0.29) is 34.7 Å². The van der Waals surface area contributed by atoms with Gasteiger partial charge in [0.25, 0.3) is 0 Å². The third-order valence-corrected chi connectivity index (χ3v) is 5.41. The zero-order valence-corrected chi connectivity index (χ0v) is 14.9. The molecule has 3 rings (SSSR count). The monoisotopic (exact) mass is 379 g/mol. The van der Waals surface area contributed by atoms with Crippen LogP contribution in [0.2, 0.25) is 0 Å². The highest BCUT2D eigenvalue weighted by Crippen LogP contribution is 2.28. The van der Waals surface area contributed by atoms with Crippen molar-refractivity contribution in [2.45, 2.75) is 30.4 Å². The third-order valence-electron chi connectivity index (χ3n) is 3.87. The van der Waals surface area contributed by atoms with Crippen LogP contribution in [0.4, 0.5) is 4.39 Å². The molecule has 0 amide bonds. The molecule has 0 unspecified atom stereocenters. The molecular formula is C18H18FNO5S. The van der Waals surface area contributed by atoms with Gasteiger partial charge in [-0.1, -0.05) is 12.1 Å². The minimum atomic E-state index is -3.79. The summed E-state index contributed by atoms with van der Waals surface area (Å²) in [6.45, 7) is -0.0481. The Balaban J connectivity index is 1.77. The van der Waals surface area contributed by atoms with Crippen LogP contribution in [-0.4, -0.2) is 27.5 Å². The van der Waals surface area contributed by atoms with E-state index in [4.69, 9.17) is 9.47 Å². The third kappa shape index (κ3) is 4.39. The van der Waals surface area contributed by atoms with Crippen molar-refractivity contribution < 1.29 is 27.1 Å². The second-order valence-electron chi connectivity index (χ2n) is 5.96. The molecule has 1 N–H and O–H groups in total. The fourth-order valence-electron chi connectivity index (χ4n) is 2.31. The summed E-state index contributed by atoms with van der Waals surface area (Å²) in [7, 11) is -2.43. The van der Waals surface area contributed by atoms with Gasteiger partial charge in [0, 0.05) is 6.04 Å². The second kappa shape index (κ2) is 7.43. The van der Waals surface area contributed by atoms with Crippen molar-refractivity contribution in [3.05, 3.63) is 59.4 Å². The highest BCUT2D eigenvalue weighted by atomic mass is 32.2. The minimum Gasteiger partial charge on any atom is -0.495 e. The number of carbonyl (C=O) groups is 1. The van der Waals surface area contributed by atoms with E-state index in [0.29, 0.717) is 5.56 Å². The van der Waals surface area contributed by atoms with E-state index in [9.17, 15) is 17.6 Å². The number of benzene rings is 2. The number of hydrogen-bond donors (Lipinski definition) is 1. The fraction of sp³-hybridized carbons (Fsp3) is 0.278. The molecule has 26 heavy (non-hydrogen) atoms. The summed E-state index contributed by atoms with van der Waals surface area (Å²) in [4.78, 5) is 12.1. The smallest absolute Gasteiger partial charge is 0.338 e. The highest BCUT2D eigenvalue weighted by Gasteiger charge is 2.30. The van der Waals surface area contributed by atoms with Crippen molar-refractivity contribution in [1.82, 2.24) is 4.72 Å². The minimum absolute atomic E-state index is 0.0481. The first-order valence-corrected chi connectivity index (χ1v) is 9.49. The second-order valence-corrected chi connectivity index (χ2v) is 7.65. The van der Waals surface area contributed by atoms with Crippen LogP contribution in [0, 0.1) is 5.82 Å². The summed E-state index contributed by atoms with van der Waals surface area (Å²) in [5, 5.41) is 0. The van der Waals surface area contributed by atoms with Crippen molar-refractivity contribution in [2.75, 3.05) is 7.11 Å². The molecule has 1 saturated carbocycles. The quantitative estimate of drug-likeness (QED) is 0.748. The van der Waals surface area contributed by atoms with E-state index in [1.165, 1.54) is 49.6 Å². The highest BCUT2D eigenvalue weighted by molar-refractivity contribution is 7.89. The van der Waals surface area contributed by atoms with E-state index in [1.54, 1.807) is 0 Å². The molecule has 138 valence electrons. The van der Waals surface area contributed by atoms with Crippen molar-refractivity contribution in [3.63, 3.8) is 0 Å². The Morgan fingerprint density at radius 3 is 2.50 bits per heavy atom. The SMILES string of the molecule is COc1ccc(C(=O)OCc2ccc(F)cc2)cc1S(=O)(=O)NC1CC1. The molecule has 0 heterocycles. The Morgan fingerprint density at radius 1 is 1.19 bits per heavy atom. The number of rotatable bonds is 7. The van der Waals surface area contributed by atoms with Crippen LogP contribution < -0.4 is 9.46 Å². The zero-order valence-electron chi connectivity index (χ0n) is 14.1. The molecule has 6 nitrogen and oxygen atoms in total. The summed E-state index contributed by atoms with van der Waals surface area (Å²) in [6, 6.07) is 9.56. The van der Waals surface area contributed by atoms with E-state index in [2.05, 4.69) is 4.72 Å². The predicted molar refractivity (Wildman–Crippen MR) is 91.9 cm³/mol. The molecule has 0 atom stereocenters. The number of ether oxygens (including phenoxy) is 2. The van der Waals surface area contributed by atoms with Gasteiger partial charge in [-0.25, -0.2) is 22.3 Å². The summed E-state index contributed by atoms with van der Waals surface area (Å²) in [5.41, 5.74) is 0.709. The van der Waals surface area contributed by atoms with Gasteiger partial charge >= 0.3 is 5.97 Å². The van der Waals surface area contributed by atoms with Crippen LogP contribution in [0.3, 0.4) is 0 Å². The normalized spacial score (nSPS) is 14.1. The van der Waals surface area contributed by atoms with E-state index >= 15 is 0 Å². The molecule has 1 fully saturated rings. The number of carbonyl (C=O) groups excluding carboxylic acids is 1. The standard InChI is InChI=1S/C18H18FNO5S/c1-24-16-9-4-13(10-17(16)26(22,23)20-15-7-8-15)18(21)25-11-12-2-5-14(19)6-3-12/h2-6,9-10,15,20H,7-8,11H2,1H3. The van der Waals surface area contributed by atoms with Gasteiger partial charge < -0.3 is 9.47 Å². The molecule has 2 aromatic rings. The lowest BCUT2D eigenvalue weighted by Gasteiger charge is -2.12. The molecule has 0 aromatic heterocycles. The number of methoxy groups -OCH3 is 1. The Morgan fingerprint density at radius 2 is 1.88 bits per heavy atom. The van der Waals surface area contributed by atoms with Crippen LogP contribution in [0.15, 0.2) is 47.4 Å². The van der Waals surface area contributed by atoms with Gasteiger partial charge in [0.15, 0.2) is 0 Å². The molecule has 8 heteroatoms. The van der Waals surface area contributed by atoms with Crippen molar-refractivity contribution in [2.24, 2.45) is 0 Å². The summed E-state index contributed by atoms with van der Waals surface area (Å²) in [6.07, 6.45) is 1.59. The summed E-state index contributed by atoms with van der Waals surface area (Å²) >= 11 is 0. The first-order chi connectivity index (χ1) is 12.4. The Labute approximate surface area is 151 Å². The number of nitrogens with one attached hydrogen (secondary N) is 1. The van der Waals surface area contributed by atoms with Gasteiger partial charge in [0.05, 0.1) is 12.7 Å². The molecule has 0 bridgehead atoms. The maximum atomic E-state index is 12.9. The van der Waals surface area contributed by atoms with Crippen LogP contribution >= 0.6 is 0 Å². The average Bonchev–Trinajstić information content (AvgIpc) is 3.43. The molecular weight excluding hydrogens is 361 g/mol. The fourth-order valence-corrected chi connectivity index (χ4v) is 3.81. The van der Waals surface area contributed by atoms with E-state index in [0.717, 1.165) is 12.8 Å². The Bertz CT molecular complexity index is 908. The van der Waals surface area contributed by atoms with Gasteiger partial charge in [-0.05, 0) is 48.7 Å². The number of esters is 1. The summed E-state index contributed by atoms with van der Waals surface area (Å²) in [5.74, 6) is -0.915. The van der Waals surface area contributed by atoms with Crippen molar-refractivity contribution in [3.8, 4) is 5.75 Å².